The van der Waals surface area contributed by atoms with E-state index in [1.54, 1.807) is 12.1 Å². The topological polar surface area (TPSA) is 26.3 Å². The number of hydrogen-bond donors (Lipinski definition) is 0. The van der Waals surface area contributed by atoms with Crippen molar-refractivity contribution in [3.63, 3.8) is 0 Å². The van der Waals surface area contributed by atoms with Crippen LogP contribution in [0.3, 0.4) is 0 Å². The fraction of sp³-hybridized carbons (Fsp3) is 0.455. The van der Waals surface area contributed by atoms with Gasteiger partial charge in [-0.2, -0.15) is 0 Å². The van der Waals surface area contributed by atoms with E-state index in [0.29, 0.717) is 5.75 Å². The minimum absolute atomic E-state index is 0.233. The van der Waals surface area contributed by atoms with E-state index < -0.39 is 6.07 Å². The van der Waals surface area contributed by atoms with Crippen LogP contribution in [0.4, 0.5) is 0 Å². The lowest BCUT2D eigenvalue weighted by Gasteiger charge is -2.18. The monoisotopic (exact) mass is 280 g/mol. The molecule has 0 amide bonds. The highest BCUT2D eigenvalue weighted by atomic mass is 35.9. The van der Waals surface area contributed by atoms with E-state index in [9.17, 15) is 4.57 Å². The van der Waals surface area contributed by atoms with Crippen LogP contribution in [0.5, 0.6) is 5.75 Å². The molecule has 0 fully saturated rings. The first-order valence-electron chi connectivity index (χ1n) is 4.94. The molecule has 0 saturated heterocycles. The fourth-order valence-corrected chi connectivity index (χ4v) is 2.25. The second-order valence-corrected chi connectivity index (χ2v) is 9.09. The van der Waals surface area contributed by atoms with Crippen LogP contribution in [0.25, 0.3) is 0 Å². The number of rotatable bonds is 3. The summed E-state index contributed by atoms with van der Waals surface area (Å²) in [6, 6.07) is 7.28. The van der Waals surface area contributed by atoms with Crippen molar-refractivity contribution in [2.24, 2.45) is 5.41 Å². The van der Waals surface area contributed by atoms with Gasteiger partial charge in [0.25, 0.3) is 0 Å². The quantitative estimate of drug-likeness (QED) is 0.708. The zero-order chi connectivity index (χ0) is 12.4. The van der Waals surface area contributed by atoms with E-state index in [0.717, 1.165) is 6.42 Å². The Morgan fingerprint density at radius 3 is 2.06 bits per heavy atom. The average Bonchev–Trinajstić information content (AvgIpc) is 2.03. The van der Waals surface area contributed by atoms with Gasteiger partial charge in [-0.05, 0) is 29.5 Å². The van der Waals surface area contributed by atoms with Crippen LogP contribution in [-0.4, -0.2) is 0 Å². The smallest absolute Gasteiger partial charge is 0.422 e. The van der Waals surface area contributed by atoms with Gasteiger partial charge >= 0.3 is 6.07 Å². The molecule has 1 aromatic rings. The summed E-state index contributed by atoms with van der Waals surface area (Å²) in [6.07, 6.45) is -2.53. The van der Waals surface area contributed by atoms with E-state index in [1.807, 2.05) is 12.1 Å². The molecular formula is C11H15Cl2O2P. The van der Waals surface area contributed by atoms with Crippen molar-refractivity contribution < 1.29 is 9.09 Å². The molecule has 0 heterocycles. The molecule has 0 saturated carbocycles. The van der Waals surface area contributed by atoms with E-state index in [-0.39, 0.29) is 5.41 Å². The molecule has 5 heteroatoms. The van der Waals surface area contributed by atoms with Gasteiger partial charge < -0.3 is 4.52 Å². The third kappa shape index (κ3) is 5.79. The molecule has 16 heavy (non-hydrogen) atoms. The highest BCUT2D eigenvalue weighted by Crippen LogP contribution is 2.57. The molecule has 0 radical (unpaired) electrons. The second-order valence-electron chi connectivity index (χ2n) is 4.89. The maximum Gasteiger partial charge on any atom is 0.428 e. The Kier molecular flexibility index (Phi) is 4.34. The third-order valence-electron chi connectivity index (χ3n) is 1.87. The number of hydrogen-bond acceptors (Lipinski definition) is 2. The molecule has 2 nitrogen and oxygen atoms in total. The Morgan fingerprint density at radius 1 is 1.19 bits per heavy atom. The molecule has 1 aromatic carbocycles. The van der Waals surface area contributed by atoms with Crippen molar-refractivity contribution in [3.8, 4) is 5.75 Å². The maximum absolute atomic E-state index is 11.0. The molecule has 0 atom stereocenters. The Hall–Kier alpha value is -0.170. The van der Waals surface area contributed by atoms with Gasteiger partial charge in [-0.25, -0.2) is 4.57 Å². The SMILES string of the molecule is CC(C)(C)Cc1ccc(OP(=O)(Cl)Cl)cc1. The second kappa shape index (κ2) is 5.00. The van der Waals surface area contributed by atoms with Crippen molar-refractivity contribution in [2.45, 2.75) is 27.2 Å². The molecule has 90 valence electrons. The lowest BCUT2D eigenvalue weighted by molar-refractivity contribution is 0.411. The average molecular weight is 281 g/mol. The summed E-state index contributed by atoms with van der Waals surface area (Å²) in [6.45, 7) is 6.51. The standard InChI is InChI=1S/C11H15Cl2O2P/c1-11(2,3)8-9-4-6-10(7-5-9)15-16(12,13)14/h4-7H,8H2,1-3H3. The maximum atomic E-state index is 11.0. The van der Waals surface area contributed by atoms with Gasteiger partial charge in [-0.1, -0.05) is 32.9 Å². The third-order valence-corrected chi connectivity index (χ3v) is 2.71. The largest absolute Gasteiger partial charge is 0.428 e. The molecule has 0 aliphatic carbocycles. The number of benzene rings is 1. The summed E-state index contributed by atoms with van der Waals surface area (Å²) in [7, 11) is 0. The van der Waals surface area contributed by atoms with Crippen LogP contribution in [-0.2, 0) is 11.0 Å². The van der Waals surface area contributed by atoms with Crippen molar-refractivity contribution >= 4 is 28.6 Å². The molecule has 0 spiro atoms. The Bertz CT molecular complexity index is 389. The summed E-state index contributed by atoms with van der Waals surface area (Å²) in [4.78, 5) is 0. The summed E-state index contributed by atoms with van der Waals surface area (Å²) in [5, 5.41) is 0. The Morgan fingerprint density at radius 2 is 1.69 bits per heavy atom. The molecule has 0 N–H and O–H groups in total. The highest BCUT2D eigenvalue weighted by molar-refractivity contribution is 8.05. The van der Waals surface area contributed by atoms with Crippen LogP contribution in [0.2, 0.25) is 0 Å². The van der Waals surface area contributed by atoms with Gasteiger partial charge in [0.15, 0.2) is 0 Å². The molecule has 0 aliphatic rings. The lowest BCUT2D eigenvalue weighted by Crippen LogP contribution is -2.08. The van der Waals surface area contributed by atoms with Crippen molar-refractivity contribution in [1.82, 2.24) is 0 Å². The highest BCUT2D eigenvalue weighted by Gasteiger charge is 2.16. The van der Waals surface area contributed by atoms with Gasteiger partial charge in [0.1, 0.15) is 5.75 Å². The van der Waals surface area contributed by atoms with Crippen LogP contribution in [0.1, 0.15) is 26.3 Å². The van der Waals surface area contributed by atoms with E-state index in [4.69, 9.17) is 27.0 Å². The summed E-state index contributed by atoms with van der Waals surface area (Å²) in [5.41, 5.74) is 1.43. The van der Waals surface area contributed by atoms with Gasteiger partial charge in [-0.15, -0.1) is 0 Å². The van der Waals surface area contributed by atoms with Crippen LogP contribution in [0, 0.1) is 5.41 Å². The lowest BCUT2D eigenvalue weighted by atomic mass is 9.88. The van der Waals surface area contributed by atoms with E-state index >= 15 is 0 Å². The normalized spacial score (nSPS) is 12.6. The van der Waals surface area contributed by atoms with Crippen LogP contribution >= 0.6 is 28.6 Å². The van der Waals surface area contributed by atoms with Gasteiger partial charge in [0.05, 0.1) is 0 Å². The predicted molar refractivity (Wildman–Crippen MR) is 69.5 cm³/mol. The van der Waals surface area contributed by atoms with Crippen molar-refractivity contribution in [3.05, 3.63) is 29.8 Å². The molecule has 0 bridgehead atoms. The molecule has 1 rings (SSSR count). The van der Waals surface area contributed by atoms with Crippen LogP contribution < -0.4 is 4.52 Å². The molecule has 0 aromatic heterocycles. The first-order chi connectivity index (χ1) is 7.16. The number of halogens is 2. The minimum atomic E-state index is -3.50. The van der Waals surface area contributed by atoms with E-state index in [1.165, 1.54) is 5.56 Å². The summed E-state index contributed by atoms with van der Waals surface area (Å²) >= 11 is 10.6. The zero-order valence-corrected chi connectivity index (χ0v) is 11.9. The first-order valence-corrected chi connectivity index (χ1v) is 8.37. The molecule has 0 unspecified atom stereocenters. The van der Waals surface area contributed by atoms with Crippen molar-refractivity contribution in [2.75, 3.05) is 0 Å². The zero-order valence-electron chi connectivity index (χ0n) is 9.54. The van der Waals surface area contributed by atoms with Crippen LogP contribution in [0.15, 0.2) is 24.3 Å². The fourth-order valence-electron chi connectivity index (χ4n) is 1.40. The van der Waals surface area contributed by atoms with Gasteiger partial charge in [0.2, 0.25) is 0 Å². The minimum Gasteiger partial charge on any atom is -0.422 e. The first kappa shape index (κ1) is 13.9. The molecular weight excluding hydrogens is 266 g/mol. The summed E-state index contributed by atoms with van der Waals surface area (Å²) in [5.74, 6) is 0.422. The van der Waals surface area contributed by atoms with Gasteiger partial charge in [0, 0.05) is 22.5 Å². The summed E-state index contributed by atoms with van der Waals surface area (Å²) < 4.78 is 15.9. The Balaban J connectivity index is 2.72. The predicted octanol–water partition coefficient (Wildman–Crippen LogP) is 5.24. The Labute approximate surface area is 106 Å². The van der Waals surface area contributed by atoms with Gasteiger partial charge in [-0.3, -0.25) is 0 Å². The van der Waals surface area contributed by atoms with Crippen molar-refractivity contribution in [1.29, 1.82) is 0 Å². The van der Waals surface area contributed by atoms with E-state index in [2.05, 4.69) is 20.8 Å². The molecule has 0 aliphatic heterocycles.